The Bertz CT molecular complexity index is 1210. The molecule has 5 rings (SSSR count). The van der Waals surface area contributed by atoms with Gasteiger partial charge in [0.25, 0.3) is 0 Å². The van der Waals surface area contributed by atoms with E-state index >= 15 is 0 Å². The molecule has 1 unspecified atom stereocenters. The van der Waals surface area contributed by atoms with Crippen molar-refractivity contribution >= 4 is 17.7 Å². The number of nitrogens with two attached hydrogens (primary N) is 1. The molecule has 1 atom stereocenters. The molecule has 0 radical (unpaired) electrons. The lowest BCUT2D eigenvalue weighted by molar-refractivity contribution is -0.113. The summed E-state index contributed by atoms with van der Waals surface area (Å²) in [6.07, 6.45) is 9.27. The summed E-state index contributed by atoms with van der Waals surface area (Å²) in [5, 5.41) is 10.1. The van der Waals surface area contributed by atoms with Gasteiger partial charge in [0, 0.05) is 18.3 Å². The van der Waals surface area contributed by atoms with E-state index in [0.29, 0.717) is 11.7 Å². The van der Waals surface area contributed by atoms with Gasteiger partial charge in [-0.1, -0.05) is 55.3 Å². The first-order valence-corrected chi connectivity index (χ1v) is 12.2. The van der Waals surface area contributed by atoms with Crippen LogP contribution in [0.4, 0.5) is 5.69 Å². The maximum absolute atomic E-state index is 11.1. The molecule has 3 N–H and O–H groups in total. The second-order valence-electron chi connectivity index (χ2n) is 9.75. The molecule has 4 heteroatoms. The predicted octanol–water partition coefficient (Wildman–Crippen LogP) is 5.87. The Balaban J connectivity index is 1.55. The van der Waals surface area contributed by atoms with Crippen LogP contribution < -0.4 is 10.6 Å². The standard InChI is InChI=1S/C30H32N2O2/c1-30(25-11-6-21(7-12-25)8-17-29(31)34)28-16-15-27(33)20-24(28)18-19-32(30)26-13-9-23(10-14-26)22-4-2-3-5-22/h6-17,20,22,33H,2-5,18-19H2,1H3,(H2,31,34)/b17-8+. The van der Waals surface area contributed by atoms with Gasteiger partial charge in [0.05, 0.1) is 5.54 Å². The van der Waals surface area contributed by atoms with E-state index in [1.807, 2.05) is 18.2 Å². The molecule has 34 heavy (non-hydrogen) atoms. The van der Waals surface area contributed by atoms with Crippen LogP contribution in [0, 0.1) is 0 Å². The summed E-state index contributed by atoms with van der Waals surface area (Å²) in [4.78, 5) is 13.6. The van der Waals surface area contributed by atoms with Gasteiger partial charge in [0.2, 0.25) is 5.91 Å². The zero-order valence-corrected chi connectivity index (χ0v) is 19.7. The summed E-state index contributed by atoms with van der Waals surface area (Å²) in [5.74, 6) is 0.554. The lowest BCUT2D eigenvalue weighted by Crippen LogP contribution is -2.49. The highest BCUT2D eigenvalue weighted by Crippen LogP contribution is 2.45. The molecule has 1 heterocycles. The summed E-state index contributed by atoms with van der Waals surface area (Å²) in [6, 6.07) is 23.2. The number of phenols is 1. The van der Waals surface area contributed by atoms with Crippen molar-refractivity contribution in [2.45, 2.75) is 50.5 Å². The number of anilines is 1. The molecule has 1 saturated carbocycles. The van der Waals surface area contributed by atoms with Crippen molar-refractivity contribution in [3.05, 3.63) is 101 Å². The van der Waals surface area contributed by atoms with E-state index in [4.69, 9.17) is 5.73 Å². The van der Waals surface area contributed by atoms with Gasteiger partial charge in [0.1, 0.15) is 5.75 Å². The molecule has 0 spiro atoms. The smallest absolute Gasteiger partial charge is 0.241 e. The van der Waals surface area contributed by atoms with Crippen molar-refractivity contribution in [3.8, 4) is 5.75 Å². The van der Waals surface area contributed by atoms with Crippen LogP contribution in [0.5, 0.6) is 5.75 Å². The Morgan fingerprint density at radius 3 is 2.41 bits per heavy atom. The monoisotopic (exact) mass is 452 g/mol. The number of rotatable bonds is 5. The van der Waals surface area contributed by atoms with Crippen LogP contribution in [-0.2, 0) is 16.8 Å². The van der Waals surface area contributed by atoms with Gasteiger partial charge in [-0.2, -0.15) is 0 Å². The first-order valence-electron chi connectivity index (χ1n) is 12.2. The van der Waals surface area contributed by atoms with Crippen molar-refractivity contribution in [2.24, 2.45) is 5.73 Å². The summed E-state index contributed by atoms with van der Waals surface area (Å²) < 4.78 is 0. The van der Waals surface area contributed by atoms with Crippen molar-refractivity contribution < 1.29 is 9.90 Å². The van der Waals surface area contributed by atoms with Crippen molar-refractivity contribution in [1.29, 1.82) is 0 Å². The van der Waals surface area contributed by atoms with Crippen LogP contribution in [0.15, 0.2) is 72.8 Å². The molecule has 1 fully saturated rings. The number of fused-ring (bicyclic) bond motifs is 1. The Morgan fingerprint density at radius 1 is 1.03 bits per heavy atom. The Labute approximate surface area is 201 Å². The average Bonchev–Trinajstić information content (AvgIpc) is 3.38. The maximum atomic E-state index is 11.1. The lowest BCUT2D eigenvalue weighted by atomic mass is 9.76. The number of primary amides is 1. The largest absolute Gasteiger partial charge is 0.508 e. The maximum Gasteiger partial charge on any atom is 0.241 e. The Morgan fingerprint density at radius 2 is 1.74 bits per heavy atom. The predicted molar refractivity (Wildman–Crippen MR) is 138 cm³/mol. The van der Waals surface area contributed by atoms with E-state index in [2.05, 4.69) is 54.3 Å². The van der Waals surface area contributed by atoms with E-state index < -0.39 is 11.4 Å². The zero-order chi connectivity index (χ0) is 23.7. The van der Waals surface area contributed by atoms with E-state index in [0.717, 1.165) is 24.1 Å². The van der Waals surface area contributed by atoms with Gasteiger partial charge in [-0.25, -0.2) is 0 Å². The van der Waals surface area contributed by atoms with Gasteiger partial charge in [-0.05, 0) is 90.3 Å². The molecule has 0 aromatic heterocycles. The van der Waals surface area contributed by atoms with Crippen molar-refractivity contribution in [1.82, 2.24) is 0 Å². The number of phenolic OH excluding ortho intramolecular Hbond substituents is 1. The second kappa shape index (κ2) is 9.02. The molecule has 1 aliphatic heterocycles. The fourth-order valence-corrected chi connectivity index (χ4v) is 5.84. The van der Waals surface area contributed by atoms with E-state index in [1.54, 1.807) is 12.1 Å². The molecule has 174 valence electrons. The van der Waals surface area contributed by atoms with Crippen LogP contribution >= 0.6 is 0 Å². The summed E-state index contributed by atoms with van der Waals surface area (Å²) in [6.45, 7) is 3.13. The van der Waals surface area contributed by atoms with E-state index in [1.165, 1.54) is 54.1 Å². The Hall–Kier alpha value is -3.53. The highest BCUT2D eigenvalue weighted by atomic mass is 16.3. The minimum absolute atomic E-state index is 0.308. The third-order valence-electron chi connectivity index (χ3n) is 7.70. The first-order chi connectivity index (χ1) is 16.4. The molecular weight excluding hydrogens is 420 g/mol. The number of carbonyl (C=O) groups excluding carboxylic acids is 1. The summed E-state index contributed by atoms with van der Waals surface area (Å²) in [7, 11) is 0. The number of benzene rings is 3. The van der Waals surface area contributed by atoms with Crippen LogP contribution in [0.2, 0.25) is 0 Å². The fraction of sp³-hybridized carbons (Fsp3) is 0.300. The highest BCUT2D eigenvalue weighted by Gasteiger charge is 2.40. The number of amides is 1. The van der Waals surface area contributed by atoms with Crippen molar-refractivity contribution in [3.63, 3.8) is 0 Å². The van der Waals surface area contributed by atoms with Gasteiger partial charge in [0.15, 0.2) is 0 Å². The normalized spacial score (nSPS) is 20.6. The number of aromatic hydroxyl groups is 1. The molecule has 0 saturated heterocycles. The lowest BCUT2D eigenvalue weighted by Gasteiger charge is -2.48. The van der Waals surface area contributed by atoms with Gasteiger partial charge in [-0.15, -0.1) is 0 Å². The highest BCUT2D eigenvalue weighted by molar-refractivity contribution is 5.90. The molecular formula is C30H32N2O2. The van der Waals surface area contributed by atoms with E-state index in [9.17, 15) is 9.90 Å². The van der Waals surface area contributed by atoms with Gasteiger partial charge in [-0.3, -0.25) is 4.79 Å². The quantitative estimate of drug-likeness (QED) is 0.476. The molecule has 3 aromatic carbocycles. The molecule has 1 aliphatic carbocycles. The molecule has 3 aromatic rings. The molecule has 1 amide bonds. The van der Waals surface area contributed by atoms with Crippen LogP contribution in [0.1, 0.15) is 66.3 Å². The third kappa shape index (κ3) is 4.09. The number of nitrogens with zero attached hydrogens (tertiary/aromatic N) is 1. The topological polar surface area (TPSA) is 66.6 Å². The van der Waals surface area contributed by atoms with Gasteiger partial charge >= 0.3 is 0 Å². The average molecular weight is 453 g/mol. The first kappa shape index (κ1) is 22.3. The molecule has 4 nitrogen and oxygen atoms in total. The molecule has 2 aliphatic rings. The summed E-state index contributed by atoms with van der Waals surface area (Å²) >= 11 is 0. The van der Waals surface area contributed by atoms with Gasteiger partial charge < -0.3 is 15.7 Å². The SMILES string of the molecule is CC1(c2ccc(/C=C/C(N)=O)cc2)c2ccc(O)cc2CCN1c1ccc(C2CCCC2)cc1. The number of hydrogen-bond acceptors (Lipinski definition) is 3. The third-order valence-corrected chi connectivity index (χ3v) is 7.70. The van der Waals surface area contributed by atoms with Crippen LogP contribution in [-0.4, -0.2) is 17.6 Å². The number of hydrogen-bond donors (Lipinski definition) is 2. The van der Waals surface area contributed by atoms with Crippen molar-refractivity contribution in [2.75, 3.05) is 11.4 Å². The Kier molecular flexibility index (Phi) is 5.91. The second-order valence-corrected chi connectivity index (χ2v) is 9.75. The van der Waals surface area contributed by atoms with Crippen LogP contribution in [0.25, 0.3) is 6.08 Å². The minimum atomic E-state index is -0.454. The van der Waals surface area contributed by atoms with Crippen LogP contribution in [0.3, 0.4) is 0 Å². The van der Waals surface area contributed by atoms with E-state index in [-0.39, 0.29) is 0 Å². The minimum Gasteiger partial charge on any atom is -0.508 e. The molecule has 0 bridgehead atoms. The zero-order valence-electron chi connectivity index (χ0n) is 19.7. The summed E-state index contributed by atoms with van der Waals surface area (Å²) in [5.41, 5.74) is 12.0. The fourth-order valence-electron chi connectivity index (χ4n) is 5.84. The number of carbonyl (C=O) groups is 1.